The summed E-state index contributed by atoms with van der Waals surface area (Å²) in [5.41, 5.74) is 3.01. The normalized spacial score (nSPS) is 17.5. The molecule has 0 radical (unpaired) electrons. The molecule has 1 rings (SSSR count). The molecule has 1 aliphatic heterocycles. The third kappa shape index (κ3) is 6.59. The topological polar surface area (TPSA) is 114 Å². The maximum absolute atomic E-state index is 10.2. The highest BCUT2D eigenvalue weighted by Gasteiger charge is 2.24. The molecule has 1 aliphatic rings. The summed E-state index contributed by atoms with van der Waals surface area (Å²) in [7, 11) is 3.10. The van der Waals surface area contributed by atoms with Gasteiger partial charge in [0.15, 0.2) is 5.82 Å². The van der Waals surface area contributed by atoms with E-state index < -0.39 is 18.7 Å². The molecule has 160 valence electrons. The molecule has 3 unspecified atom stereocenters. The van der Waals surface area contributed by atoms with E-state index >= 15 is 0 Å². The second-order valence-corrected chi connectivity index (χ2v) is 6.28. The summed E-state index contributed by atoms with van der Waals surface area (Å²) in [6, 6.07) is 0. The number of aliphatic imine (C=N–C) groups is 2. The number of guanidine groups is 1. The second kappa shape index (κ2) is 11.8. The molecule has 10 nitrogen and oxygen atoms in total. The minimum absolute atomic E-state index is 0.0457. The molecule has 0 fully saturated rings. The van der Waals surface area contributed by atoms with Crippen LogP contribution in [0.5, 0.6) is 0 Å². The zero-order valence-corrected chi connectivity index (χ0v) is 17.5. The average molecular weight is 399 g/mol. The Morgan fingerprint density at radius 3 is 2.11 bits per heavy atom. The van der Waals surface area contributed by atoms with Crippen molar-refractivity contribution in [2.24, 2.45) is 9.98 Å². The van der Waals surface area contributed by atoms with Crippen LogP contribution < -0.4 is 0 Å². The van der Waals surface area contributed by atoms with E-state index in [0.717, 1.165) is 0 Å². The molecule has 3 N–H and O–H groups in total. The second-order valence-electron chi connectivity index (χ2n) is 6.28. The van der Waals surface area contributed by atoms with Crippen molar-refractivity contribution in [3.63, 3.8) is 0 Å². The molecule has 0 aliphatic carbocycles. The lowest BCUT2D eigenvalue weighted by Gasteiger charge is -2.32. The summed E-state index contributed by atoms with van der Waals surface area (Å²) in [6.45, 7) is 7.64. The number of aliphatic hydroxyl groups excluding tert-OH is 3. The summed E-state index contributed by atoms with van der Waals surface area (Å²) >= 11 is 0. The molecule has 1 heterocycles. The van der Waals surface area contributed by atoms with Gasteiger partial charge in [0.25, 0.3) is 0 Å². The van der Waals surface area contributed by atoms with Crippen molar-refractivity contribution < 1.29 is 24.8 Å². The molecule has 0 aromatic carbocycles. The summed E-state index contributed by atoms with van der Waals surface area (Å²) in [5.74, 6) is 1.04. The van der Waals surface area contributed by atoms with Gasteiger partial charge in [0.1, 0.15) is 38.0 Å². The Morgan fingerprint density at radius 1 is 1.04 bits per heavy atom. The van der Waals surface area contributed by atoms with Gasteiger partial charge in [-0.3, -0.25) is 9.80 Å². The van der Waals surface area contributed by atoms with Crippen LogP contribution in [0.15, 0.2) is 27.6 Å². The molecule has 0 aromatic rings. The monoisotopic (exact) mass is 399 g/mol. The number of nitrogens with zero attached hydrogens (tertiary/aromatic N) is 5. The fourth-order valence-electron chi connectivity index (χ4n) is 2.65. The molecule has 3 atom stereocenters. The highest BCUT2D eigenvalue weighted by molar-refractivity contribution is 5.97. The van der Waals surface area contributed by atoms with Gasteiger partial charge < -0.3 is 29.7 Å². The number of ether oxygens (including phenoxy) is 2. The van der Waals surface area contributed by atoms with Crippen molar-refractivity contribution in [2.75, 3.05) is 34.2 Å². The molecular formula is C18H33N5O5. The average Bonchev–Trinajstić information content (AvgIpc) is 2.59. The van der Waals surface area contributed by atoms with E-state index in [9.17, 15) is 15.3 Å². The van der Waals surface area contributed by atoms with Crippen LogP contribution in [0, 0.1) is 0 Å². The third-order valence-corrected chi connectivity index (χ3v) is 4.01. The highest BCUT2D eigenvalue weighted by atomic mass is 16.5. The molecule has 28 heavy (non-hydrogen) atoms. The zero-order chi connectivity index (χ0) is 21.3. The van der Waals surface area contributed by atoms with Gasteiger partial charge in [-0.1, -0.05) is 5.73 Å². The molecule has 0 bridgehead atoms. The van der Waals surface area contributed by atoms with Crippen LogP contribution in [-0.4, -0.2) is 94.7 Å². The summed E-state index contributed by atoms with van der Waals surface area (Å²) < 4.78 is 10.4. The lowest BCUT2D eigenvalue weighted by Crippen LogP contribution is -2.43. The van der Waals surface area contributed by atoms with Crippen LogP contribution >= 0.6 is 0 Å². The SMILES string of the molecule is CCN(COC)C1=NC(N(COC)C(C)O)=NC(N(C(C)O)C(C)O)=C=CC1. The van der Waals surface area contributed by atoms with Crippen LogP contribution in [0.1, 0.15) is 34.1 Å². The van der Waals surface area contributed by atoms with E-state index in [0.29, 0.717) is 25.5 Å². The van der Waals surface area contributed by atoms with E-state index in [4.69, 9.17) is 9.47 Å². The molecule has 0 saturated carbocycles. The fourth-order valence-corrected chi connectivity index (χ4v) is 2.65. The van der Waals surface area contributed by atoms with Gasteiger partial charge in [0, 0.05) is 27.2 Å². The number of amidine groups is 1. The Morgan fingerprint density at radius 2 is 1.64 bits per heavy atom. The number of methoxy groups -OCH3 is 2. The van der Waals surface area contributed by atoms with Crippen molar-refractivity contribution in [2.45, 2.75) is 52.8 Å². The van der Waals surface area contributed by atoms with Gasteiger partial charge in [-0.2, -0.15) is 9.98 Å². The summed E-state index contributed by atoms with van der Waals surface area (Å²) in [5, 5.41) is 30.3. The Hall–Kier alpha value is -1.94. The smallest absolute Gasteiger partial charge is 0.233 e. The standard InChI is InChI=1S/C18H33N5O5/c1-7-21(11-27-5)16-9-8-10-17(23(14(3)25)15(4)26)20-18(19-16)22(12-28-6)13(2)24/h8,13-15,24-26H,7,9,11-12H2,1-6H3. The Kier molecular flexibility index (Phi) is 10.2. The van der Waals surface area contributed by atoms with Crippen molar-refractivity contribution >= 4 is 11.8 Å². The van der Waals surface area contributed by atoms with Gasteiger partial charge in [-0.15, -0.1) is 0 Å². The highest BCUT2D eigenvalue weighted by Crippen LogP contribution is 2.17. The van der Waals surface area contributed by atoms with Crippen LogP contribution in [0.3, 0.4) is 0 Å². The first-order valence-electron chi connectivity index (χ1n) is 9.20. The Balaban J connectivity index is 3.51. The van der Waals surface area contributed by atoms with E-state index in [2.05, 4.69) is 15.7 Å². The van der Waals surface area contributed by atoms with Crippen LogP contribution in [0.2, 0.25) is 0 Å². The maximum Gasteiger partial charge on any atom is 0.233 e. The zero-order valence-electron chi connectivity index (χ0n) is 17.5. The predicted molar refractivity (Wildman–Crippen MR) is 106 cm³/mol. The molecule has 0 saturated heterocycles. The number of hydrogen-bond acceptors (Lipinski definition) is 10. The number of rotatable bonds is 9. The fraction of sp³-hybridized carbons (Fsp3) is 0.722. The number of hydrogen-bond donors (Lipinski definition) is 3. The Labute approximate surface area is 166 Å². The van der Waals surface area contributed by atoms with Crippen molar-refractivity contribution in [3.05, 3.63) is 17.6 Å². The van der Waals surface area contributed by atoms with E-state index in [1.54, 1.807) is 20.1 Å². The Bertz CT molecular complexity index is 603. The molecule has 0 spiro atoms. The van der Waals surface area contributed by atoms with Crippen molar-refractivity contribution in [3.8, 4) is 0 Å². The largest absolute Gasteiger partial charge is 0.374 e. The van der Waals surface area contributed by atoms with Gasteiger partial charge in [-0.25, -0.2) is 0 Å². The van der Waals surface area contributed by atoms with Gasteiger partial charge in [0.05, 0.1) is 0 Å². The summed E-state index contributed by atoms with van der Waals surface area (Å²) in [4.78, 5) is 13.8. The first-order chi connectivity index (χ1) is 13.3. The van der Waals surface area contributed by atoms with Crippen LogP contribution in [0.25, 0.3) is 0 Å². The van der Waals surface area contributed by atoms with E-state index in [1.165, 1.54) is 30.8 Å². The van der Waals surface area contributed by atoms with E-state index in [-0.39, 0.29) is 18.5 Å². The minimum atomic E-state index is -1.01. The van der Waals surface area contributed by atoms with Crippen LogP contribution in [-0.2, 0) is 9.47 Å². The molecular weight excluding hydrogens is 366 g/mol. The van der Waals surface area contributed by atoms with Crippen molar-refractivity contribution in [1.82, 2.24) is 14.7 Å². The minimum Gasteiger partial charge on any atom is -0.374 e. The molecule has 10 heteroatoms. The van der Waals surface area contributed by atoms with Gasteiger partial charge in [0.2, 0.25) is 5.96 Å². The van der Waals surface area contributed by atoms with Gasteiger partial charge >= 0.3 is 0 Å². The third-order valence-electron chi connectivity index (χ3n) is 4.01. The predicted octanol–water partition coefficient (Wildman–Crippen LogP) is 0.290. The molecule has 0 aromatic heterocycles. The molecule has 0 amide bonds. The van der Waals surface area contributed by atoms with Crippen molar-refractivity contribution in [1.29, 1.82) is 0 Å². The first-order valence-corrected chi connectivity index (χ1v) is 9.20. The first kappa shape index (κ1) is 24.1. The summed E-state index contributed by atoms with van der Waals surface area (Å²) in [6.07, 6.45) is -0.794. The quantitative estimate of drug-likeness (QED) is 0.375. The lowest BCUT2D eigenvalue weighted by atomic mass is 10.3. The lowest BCUT2D eigenvalue weighted by molar-refractivity contribution is -0.0611. The maximum atomic E-state index is 10.2. The van der Waals surface area contributed by atoms with Gasteiger partial charge in [-0.05, 0) is 33.8 Å². The van der Waals surface area contributed by atoms with Crippen LogP contribution in [0.4, 0.5) is 0 Å². The van der Waals surface area contributed by atoms with E-state index in [1.807, 2.05) is 11.8 Å². The number of aliphatic hydroxyl groups is 3.